The molecule has 0 saturated heterocycles. The standard InChI is InChI=1S/C54H35N3/c1-2-15-36(16-3-1)37-17-12-18-38(33-37)39-19-13-20-40(34-39)56-47-25-8-4-23-44(47)45-32-31-41(35-53(45)56)55-50-28-11-7-24-46(50)54-51(55)29-14-30-52(54)57-48-26-9-5-21-42(48)43-22-6-10-27-49(43)57/h1-35H/i1D,2D,3D,12D,13D,15D,16D,17D,18D,19D,20D,33D,34D. The largest absolute Gasteiger partial charge is 0.309 e. The molecule has 0 saturated carbocycles. The van der Waals surface area contributed by atoms with E-state index in [1.807, 2.05) is 84.9 Å². The van der Waals surface area contributed by atoms with Gasteiger partial charge >= 0.3 is 0 Å². The molecule has 12 rings (SSSR count). The van der Waals surface area contributed by atoms with Gasteiger partial charge in [-0.1, -0.05) is 145 Å². The number of hydrogen-bond acceptors (Lipinski definition) is 0. The van der Waals surface area contributed by atoms with Crippen LogP contribution in [0, 0.1) is 0 Å². The van der Waals surface area contributed by atoms with Crippen molar-refractivity contribution < 1.29 is 17.8 Å². The fourth-order valence-corrected chi connectivity index (χ4v) is 8.53. The van der Waals surface area contributed by atoms with E-state index in [9.17, 15) is 6.85 Å². The first-order valence-electron chi connectivity index (χ1n) is 25.1. The van der Waals surface area contributed by atoms with Crippen molar-refractivity contribution in [1.82, 2.24) is 13.7 Å². The second kappa shape index (κ2) is 12.5. The van der Waals surface area contributed by atoms with Crippen molar-refractivity contribution in [2.45, 2.75) is 0 Å². The highest BCUT2D eigenvalue weighted by Crippen LogP contribution is 2.41. The lowest BCUT2D eigenvalue weighted by Crippen LogP contribution is -1.98. The number of aromatic nitrogens is 3. The lowest BCUT2D eigenvalue weighted by molar-refractivity contribution is 1.15. The van der Waals surface area contributed by atoms with Gasteiger partial charge in [0.05, 0.1) is 56.6 Å². The zero-order valence-corrected chi connectivity index (χ0v) is 30.0. The van der Waals surface area contributed by atoms with Crippen LogP contribution in [0.2, 0.25) is 0 Å². The van der Waals surface area contributed by atoms with Gasteiger partial charge in [0, 0.05) is 43.7 Å². The Morgan fingerprint density at radius 2 is 0.807 bits per heavy atom. The van der Waals surface area contributed by atoms with E-state index in [0.29, 0.717) is 11.0 Å². The third-order valence-corrected chi connectivity index (χ3v) is 10.9. The first-order chi connectivity index (χ1) is 33.7. The van der Waals surface area contributed by atoms with Crippen LogP contribution < -0.4 is 0 Å². The van der Waals surface area contributed by atoms with Gasteiger partial charge < -0.3 is 13.7 Å². The van der Waals surface area contributed by atoms with Gasteiger partial charge in [-0.25, -0.2) is 0 Å². The van der Waals surface area contributed by atoms with E-state index in [4.69, 9.17) is 11.0 Å². The molecule has 0 spiro atoms. The molecule has 0 aliphatic heterocycles. The summed E-state index contributed by atoms with van der Waals surface area (Å²) in [5.74, 6) is 0. The summed E-state index contributed by atoms with van der Waals surface area (Å²) < 4.78 is 122. The molecule has 57 heavy (non-hydrogen) atoms. The second-order valence-electron chi connectivity index (χ2n) is 13.9. The van der Waals surface area contributed by atoms with Crippen LogP contribution in [-0.4, -0.2) is 13.7 Å². The topological polar surface area (TPSA) is 14.8 Å². The summed E-state index contributed by atoms with van der Waals surface area (Å²) in [6, 6.07) is 35.6. The lowest BCUT2D eigenvalue weighted by atomic mass is 9.99. The second-order valence-corrected chi connectivity index (χ2v) is 13.9. The average molecular weight is 739 g/mol. The highest BCUT2D eigenvalue weighted by molar-refractivity contribution is 6.17. The van der Waals surface area contributed by atoms with Gasteiger partial charge in [0.15, 0.2) is 0 Å². The summed E-state index contributed by atoms with van der Waals surface area (Å²) in [6.45, 7) is 0. The third-order valence-electron chi connectivity index (χ3n) is 10.9. The Morgan fingerprint density at radius 3 is 1.49 bits per heavy atom. The van der Waals surface area contributed by atoms with E-state index in [1.54, 1.807) is 4.57 Å². The molecule has 0 atom stereocenters. The Balaban J connectivity index is 1.14. The van der Waals surface area contributed by atoms with Crippen LogP contribution in [0.1, 0.15) is 17.8 Å². The van der Waals surface area contributed by atoms with Crippen molar-refractivity contribution >= 4 is 65.4 Å². The predicted octanol–water partition coefficient (Wildman–Crippen LogP) is 14.3. The monoisotopic (exact) mass is 738 g/mol. The minimum atomic E-state index is -0.774. The molecule has 0 aliphatic carbocycles. The van der Waals surface area contributed by atoms with E-state index >= 15 is 0 Å². The summed E-state index contributed by atoms with van der Waals surface area (Å²) in [6.07, 6.45) is 0. The molecule has 3 aromatic heterocycles. The van der Waals surface area contributed by atoms with Gasteiger partial charge in [-0.2, -0.15) is 0 Å². The fraction of sp³-hybridized carbons (Fsp3) is 0. The number of para-hydroxylation sites is 4. The van der Waals surface area contributed by atoms with Gasteiger partial charge in [-0.3, -0.25) is 0 Å². The van der Waals surface area contributed by atoms with Crippen LogP contribution >= 0.6 is 0 Å². The van der Waals surface area contributed by atoms with Crippen molar-refractivity contribution in [2.75, 3.05) is 0 Å². The van der Waals surface area contributed by atoms with Crippen LogP contribution in [0.25, 0.3) is 105 Å². The van der Waals surface area contributed by atoms with Crippen LogP contribution in [0.4, 0.5) is 0 Å². The minimum Gasteiger partial charge on any atom is -0.309 e. The van der Waals surface area contributed by atoms with E-state index in [-0.39, 0.29) is 5.69 Å². The molecule has 0 bridgehead atoms. The Hall–Kier alpha value is -7.62. The maximum Gasteiger partial charge on any atom is 0.0651 e. The Morgan fingerprint density at radius 1 is 0.316 bits per heavy atom. The summed E-state index contributed by atoms with van der Waals surface area (Å²) in [7, 11) is 0. The Bertz CT molecular complexity index is 4220. The van der Waals surface area contributed by atoms with Gasteiger partial charge in [0.2, 0.25) is 0 Å². The molecule has 0 aliphatic rings. The summed E-state index contributed by atoms with van der Waals surface area (Å²) >= 11 is 0. The molecule has 3 heterocycles. The molecule has 0 unspecified atom stereocenters. The zero-order chi connectivity index (χ0) is 48.8. The molecule has 0 radical (unpaired) electrons. The molecule has 9 aromatic carbocycles. The van der Waals surface area contributed by atoms with E-state index < -0.39 is 101 Å². The summed E-state index contributed by atoms with van der Waals surface area (Å²) in [5.41, 5.74) is 4.64. The number of hydrogen-bond donors (Lipinski definition) is 0. The van der Waals surface area contributed by atoms with Crippen molar-refractivity contribution in [1.29, 1.82) is 0 Å². The fourth-order valence-electron chi connectivity index (χ4n) is 8.53. The summed E-state index contributed by atoms with van der Waals surface area (Å²) in [5, 5.41) is 5.83. The maximum absolute atomic E-state index is 9.89. The molecule has 266 valence electrons. The average Bonchev–Trinajstić information content (AvgIpc) is 4.01. The zero-order valence-electron chi connectivity index (χ0n) is 43.0. The molecular weight excluding hydrogens is 691 g/mol. The van der Waals surface area contributed by atoms with Crippen LogP contribution in [-0.2, 0) is 0 Å². The van der Waals surface area contributed by atoms with Crippen molar-refractivity contribution in [3.63, 3.8) is 0 Å². The number of benzene rings is 9. The Kier molecular flexibility index (Phi) is 4.69. The molecule has 12 aromatic rings. The predicted molar refractivity (Wildman–Crippen MR) is 240 cm³/mol. The van der Waals surface area contributed by atoms with Gasteiger partial charge in [-0.15, -0.1) is 0 Å². The highest BCUT2D eigenvalue weighted by Gasteiger charge is 2.21. The van der Waals surface area contributed by atoms with E-state index in [0.717, 1.165) is 65.8 Å². The van der Waals surface area contributed by atoms with Crippen molar-refractivity contribution in [2.24, 2.45) is 0 Å². The molecule has 0 N–H and O–H groups in total. The van der Waals surface area contributed by atoms with Gasteiger partial charge in [0.25, 0.3) is 0 Å². The third kappa shape index (κ3) is 4.79. The first kappa shape index (κ1) is 21.5. The lowest BCUT2D eigenvalue weighted by Gasteiger charge is -2.13. The molecule has 0 fully saturated rings. The van der Waals surface area contributed by atoms with Gasteiger partial charge in [0.1, 0.15) is 0 Å². The van der Waals surface area contributed by atoms with Crippen LogP contribution in [0.15, 0.2) is 212 Å². The normalized spacial score (nSPS) is 15.1. The Labute approximate surface area is 347 Å². The summed E-state index contributed by atoms with van der Waals surface area (Å²) in [4.78, 5) is 0. The SMILES string of the molecule is [2H]c1c([2H])c([2H])c(-c2c([2H])c([2H])c([2H])c(-c3c([2H])c([2H])c([2H])c(-n4c5ccccc5c5ccc(-n6c7ccccc7c7c(-n8c9ccccc9c9ccccc98)cccc76)cc54)c3[2H])c2[2H])c([2H])c1[2H]. The highest BCUT2D eigenvalue weighted by atomic mass is 15.0. The first-order valence-corrected chi connectivity index (χ1v) is 18.6. The number of rotatable bonds is 5. The molecule has 0 amide bonds. The smallest absolute Gasteiger partial charge is 0.0651 e. The maximum atomic E-state index is 9.89. The number of nitrogens with zero attached hydrogens (tertiary/aromatic N) is 3. The van der Waals surface area contributed by atoms with Crippen LogP contribution in [0.3, 0.4) is 0 Å². The van der Waals surface area contributed by atoms with Crippen LogP contribution in [0.5, 0.6) is 0 Å². The molecular formula is C54H35N3. The van der Waals surface area contributed by atoms with Gasteiger partial charge in [-0.05, 0) is 88.9 Å². The quantitative estimate of drug-likeness (QED) is 0.167. The minimum absolute atomic E-state index is 0.139. The van der Waals surface area contributed by atoms with E-state index in [1.165, 1.54) is 0 Å². The molecule has 3 nitrogen and oxygen atoms in total. The van der Waals surface area contributed by atoms with Crippen molar-refractivity contribution in [3.8, 4) is 39.3 Å². The van der Waals surface area contributed by atoms with E-state index in [2.05, 4.69) is 57.7 Å². The molecule has 3 heteroatoms. The number of fused-ring (bicyclic) bond motifs is 9. The van der Waals surface area contributed by atoms with Crippen molar-refractivity contribution in [3.05, 3.63) is 212 Å².